The van der Waals surface area contributed by atoms with Gasteiger partial charge in [-0.3, -0.25) is 19.3 Å². The Morgan fingerprint density at radius 3 is 2.63 bits per heavy atom. The van der Waals surface area contributed by atoms with Crippen LogP contribution in [-0.2, 0) is 6.54 Å². The maximum absolute atomic E-state index is 12.4. The summed E-state index contributed by atoms with van der Waals surface area (Å²) in [5.74, 6) is -2.28. The van der Waals surface area contributed by atoms with Crippen molar-refractivity contribution in [1.82, 2.24) is 15.2 Å². The molecule has 0 atom stereocenters. The van der Waals surface area contributed by atoms with E-state index in [1.165, 1.54) is 28.5 Å². The molecular weight excluding hydrogens is 370 g/mol. The van der Waals surface area contributed by atoms with Crippen LogP contribution in [0, 0.1) is 0 Å². The smallest absolute Gasteiger partial charge is 0.355 e. The molecule has 2 heterocycles. The van der Waals surface area contributed by atoms with Gasteiger partial charge in [0.2, 0.25) is 0 Å². The first-order valence-corrected chi connectivity index (χ1v) is 9.26. The minimum atomic E-state index is -1.13. The summed E-state index contributed by atoms with van der Waals surface area (Å²) < 4.78 is 0. The average Bonchev–Trinajstić information content (AvgIpc) is 3.22. The molecule has 0 saturated heterocycles. The first-order chi connectivity index (χ1) is 12.9. The number of hydrogen-bond donors (Lipinski definition) is 2. The molecule has 2 N–H and O–H groups in total. The Kier molecular flexibility index (Phi) is 5.31. The first-order valence-electron chi connectivity index (χ1n) is 8.38. The van der Waals surface area contributed by atoms with Crippen molar-refractivity contribution in [2.75, 3.05) is 6.54 Å². The van der Waals surface area contributed by atoms with Gasteiger partial charge in [-0.05, 0) is 24.6 Å². The van der Waals surface area contributed by atoms with E-state index in [2.05, 4.69) is 10.3 Å². The number of rotatable bonds is 7. The average molecular weight is 387 g/mol. The fraction of sp³-hybridized carbons (Fsp3) is 0.278. The van der Waals surface area contributed by atoms with E-state index in [1.54, 1.807) is 0 Å². The summed E-state index contributed by atoms with van der Waals surface area (Å²) in [4.78, 5) is 53.0. The topological polar surface area (TPSA) is 117 Å². The number of carbonyl (C=O) groups excluding carboxylic acids is 3. The van der Waals surface area contributed by atoms with Gasteiger partial charge in [0.15, 0.2) is 5.69 Å². The molecule has 0 spiro atoms. The quantitative estimate of drug-likeness (QED) is 0.703. The Hall–Kier alpha value is -3.07. The van der Waals surface area contributed by atoms with Crippen molar-refractivity contribution >= 4 is 35.0 Å². The van der Waals surface area contributed by atoms with Gasteiger partial charge in [0.05, 0.1) is 17.7 Å². The number of fused-ring (bicyclic) bond motifs is 1. The van der Waals surface area contributed by atoms with Crippen molar-refractivity contribution in [2.24, 2.45) is 0 Å². The summed E-state index contributed by atoms with van der Waals surface area (Å²) in [6.45, 7) is 2.41. The summed E-state index contributed by atoms with van der Waals surface area (Å²) >= 11 is 1.13. The molecule has 1 aliphatic heterocycles. The minimum absolute atomic E-state index is 0.0712. The van der Waals surface area contributed by atoms with Crippen molar-refractivity contribution in [2.45, 2.75) is 26.3 Å². The molecule has 0 unspecified atom stereocenters. The van der Waals surface area contributed by atoms with Gasteiger partial charge in [0.25, 0.3) is 17.7 Å². The highest BCUT2D eigenvalue weighted by Crippen LogP contribution is 2.24. The van der Waals surface area contributed by atoms with Crippen molar-refractivity contribution in [3.05, 3.63) is 51.0 Å². The third-order valence-electron chi connectivity index (χ3n) is 4.14. The summed E-state index contributed by atoms with van der Waals surface area (Å²) in [5.41, 5.74) is 0.713. The third-order valence-corrected chi connectivity index (χ3v) is 4.99. The Morgan fingerprint density at radius 2 is 1.96 bits per heavy atom. The molecule has 3 rings (SSSR count). The number of thiazole rings is 1. The van der Waals surface area contributed by atoms with Crippen molar-refractivity contribution in [3.63, 3.8) is 0 Å². The highest BCUT2D eigenvalue weighted by Gasteiger charge is 2.35. The molecule has 0 fully saturated rings. The number of benzene rings is 1. The Morgan fingerprint density at radius 1 is 1.22 bits per heavy atom. The molecule has 0 aliphatic carbocycles. The molecule has 8 nitrogen and oxygen atoms in total. The molecule has 1 aromatic heterocycles. The predicted molar refractivity (Wildman–Crippen MR) is 97.0 cm³/mol. The fourth-order valence-electron chi connectivity index (χ4n) is 2.70. The minimum Gasteiger partial charge on any atom is -0.476 e. The Bertz CT molecular complexity index is 937. The zero-order valence-electron chi connectivity index (χ0n) is 14.5. The molecule has 9 heteroatoms. The van der Waals surface area contributed by atoms with Gasteiger partial charge in [-0.1, -0.05) is 13.3 Å². The number of carboxylic acid groups (broad SMARTS) is 1. The van der Waals surface area contributed by atoms with Crippen LogP contribution in [0.1, 0.15) is 66.3 Å². The number of aromatic nitrogens is 1. The molecule has 0 bridgehead atoms. The van der Waals surface area contributed by atoms with E-state index in [0.717, 1.165) is 24.2 Å². The van der Waals surface area contributed by atoms with E-state index >= 15 is 0 Å². The van der Waals surface area contributed by atoms with Gasteiger partial charge in [0.1, 0.15) is 5.01 Å². The van der Waals surface area contributed by atoms with Gasteiger partial charge in [-0.25, -0.2) is 9.78 Å². The van der Waals surface area contributed by atoms with Gasteiger partial charge in [-0.2, -0.15) is 0 Å². The third kappa shape index (κ3) is 3.72. The maximum atomic E-state index is 12.4. The molecule has 0 saturated carbocycles. The molecule has 1 aliphatic rings. The molecule has 3 amide bonds. The molecule has 2 aromatic rings. The number of carbonyl (C=O) groups is 4. The lowest BCUT2D eigenvalue weighted by molar-refractivity contribution is 0.0648. The van der Waals surface area contributed by atoms with E-state index in [-0.39, 0.29) is 35.2 Å². The van der Waals surface area contributed by atoms with Crippen LogP contribution in [0.2, 0.25) is 0 Å². The van der Waals surface area contributed by atoms with E-state index in [1.807, 2.05) is 6.92 Å². The number of carboxylic acids is 1. The van der Waals surface area contributed by atoms with Gasteiger partial charge >= 0.3 is 5.97 Å². The van der Waals surface area contributed by atoms with Crippen molar-refractivity contribution in [1.29, 1.82) is 0 Å². The zero-order chi connectivity index (χ0) is 19.6. The SMILES string of the molecule is CCCCN1C(=O)c2ccc(C(=O)NCc3nc(C(=O)O)cs3)cc2C1=O. The fourth-order valence-corrected chi connectivity index (χ4v) is 3.41. The standard InChI is InChI=1S/C18H17N3O5S/c1-2-3-6-21-16(23)11-5-4-10(7-12(11)17(21)24)15(22)19-8-14-20-13(9-27-14)18(25)26/h4-5,7,9H,2-3,6,8H2,1H3,(H,19,22)(H,25,26). The number of nitrogens with zero attached hydrogens (tertiary/aromatic N) is 2. The van der Waals surface area contributed by atoms with Crippen LogP contribution in [0.15, 0.2) is 23.6 Å². The van der Waals surface area contributed by atoms with Crippen LogP contribution in [0.4, 0.5) is 0 Å². The normalized spacial score (nSPS) is 13.0. The van der Waals surface area contributed by atoms with Crippen LogP contribution in [0.25, 0.3) is 0 Å². The predicted octanol–water partition coefficient (Wildman–Crippen LogP) is 2.17. The van der Waals surface area contributed by atoms with Crippen LogP contribution < -0.4 is 5.32 Å². The van der Waals surface area contributed by atoms with Crippen LogP contribution in [-0.4, -0.2) is 45.2 Å². The number of unbranched alkanes of at least 4 members (excludes halogenated alkanes) is 1. The number of aromatic carboxylic acids is 1. The van der Waals surface area contributed by atoms with Gasteiger partial charge < -0.3 is 10.4 Å². The first kappa shape index (κ1) is 18.7. The Balaban J connectivity index is 1.71. The van der Waals surface area contributed by atoms with Crippen molar-refractivity contribution in [3.8, 4) is 0 Å². The van der Waals surface area contributed by atoms with E-state index in [0.29, 0.717) is 17.1 Å². The second-order valence-corrected chi connectivity index (χ2v) is 6.93. The molecular formula is C18H17N3O5S. The van der Waals surface area contributed by atoms with E-state index in [4.69, 9.17) is 5.11 Å². The largest absolute Gasteiger partial charge is 0.476 e. The summed E-state index contributed by atoms with van der Waals surface area (Å²) in [6, 6.07) is 4.40. The lowest BCUT2D eigenvalue weighted by Crippen LogP contribution is -2.30. The van der Waals surface area contributed by atoms with E-state index in [9.17, 15) is 19.2 Å². The second-order valence-electron chi connectivity index (χ2n) is 5.99. The van der Waals surface area contributed by atoms with Gasteiger partial charge in [-0.15, -0.1) is 11.3 Å². The lowest BCUT2D eigenvalue weighted by Gasteiger charge is -2.12. The number of amides is 3. The summed E-state index contributed by atoms with van der Waals surface area (Å²) in [5, 5.41) is 13.3. The molecule has 140 valence electrons. The summed E-state index contributed by atoms with van der Waals surface area (Å²) in [7, 11) is 0. The molecule has 0 radical (unpaired) electrons. The molecule has 1 aromatic carbocycles. The summed E-state index contributed by atoms with van der Waals surface area (Å²) in [6.07, 6.45) is 1.59. The van der Waals surface area contributed by atoms with Crippen LogP contribution in [0.5, 0.6) is 0 Å². The highest BCUT2D eigenvalue weighted by molar-refractivity contribution is 7.09. The van der Waals surface area contributed by atoms with Crippen molar-refractivity contribution < 1.29 is 24.3 Å². The van der Waals surface area contributed by atoms with E-state index < -0.39 is 11.9 Å². The lowest BCUT2D eigenvalue weighted by atomic mass is 10.1. The molecule has 27 heavy (non-hydrogen) atoms. The monoisotopic (exact) mass is 387 g/mol. The maximum Gasteiger partial charge on any atom is 0.355 e. The number of nitrogens with one attached hydrogen (secondary N) is 1. The number of hydrogen-bond acceptors (Lipinski definition) is 6. The zero-order valence-corrected chi connectivity index (χ0v) is 15.3. The van der Waals surface area contributed by atoms with Crippen LogP contribution >= 0.6 is 11.3 Å². The van der Waals surface area contributed by atoms with Gasteiger partial charge in [0, 0.05) is 17.5 Å². The second kappa shape index (κ2) is 7.67. The number of imide groups is 1. The van der Waals surface area contributed by atoms with Crippen LogP contribution in [0.3, 0.4) is 0 Å². The highest BCUT2D eigenvalue weighted by atomic mass is 32.1. The Labute approximate surface area is 158 Å².